The van der Waals surface area contributed by atoms with Gasteiger partial charge in [-0.1, -0.05) is 12.2 Å². The lowest BCUT2D eigenvalue weighted by molar-refractivity contribution is 0.662. The van der Waals surface area contributed by atoms with Crippen LogP contribution in [0.2, 0.25) is 0 Å². The van der Waals surface area contributed by atoms with E-state index in [-0.39, 0.29) is 5.83 Å². The minimum Gasteiger partial charge on any atom is -0.207 e. The first-order chi connectivity index (χ1) is 3.86. The third kappa shape index (κ3) is 0.340. The Bertz CT molecular complexity index is 219. The van der Waals surface area contributed by atoms with Crippen LogP contribution in [0, 0.1) is 0 Å². The summed E-state index contributed by atoms with van der Waals surface area (Å²) in [5.74, 6) is -0.0394. The molecule has 0 fully saturated rings. The van der Waals surface area contributed by atoms with Gasteiger partial charge in [-0.05, 0) is 17.2 Å². The predicted octanol–water partition coefficient (Wildman–Crippen LogP) is 2.11. The summed E-state index contributed by atoms with van der Waals surface area (Å²) in [5.41, 5.74) is 1.96. The summed E-state index contributed by atoms with van der Waals surface area (Å²) >= 11 is 0. The predicted molar refractivity (Wildman–Crippen MR) is 30.0 cm³/mol. The second-order valence-electron chi connectivity index (χ2n) is 2.10. The van der Waals surface area contributed by atoms with E-state index in [0.29, 0.717) is 0 Å². The first-order valence-electron chi connectivity index (χ1n) is 2.63. The normalized spacial score (nSPS) is 22.9. The zero-order valence-corrected chi connectivity index (χ0v) is 4.32. The van der Waals surface area contributed by atoms with Crippen LogP contribution in [0.1, 0.15) is 6.42 Å². The molecule has 0 aromatic heterocycles. The molecule has 0 N–H and O–H groups in total. The maximum Gasteiger partial charge on any atom is 0.127 e. The Balaban J connectivity index is 2.63. The molecule has 2 aliphatic rings. The highest BCUT2D eigenvalue weighted by atomic mass is 19.1. The van der Waals surface area contributed by atoms with Gasteiger partial charge >= 0.3 is 0 Å². The topological polar surface area (TPSA) is 0 Å². The van der Waals surface area contributed by atoms with Crippen LogP contribution in [0.15, 0.2) is 35.2 Å². The second kappa shape index (κ2) is 1.10. The van der Waals surface area contributed by atoms with E-state index in [1.165, 1.54) is 0 Å². The molecule has 1 heteroatoms. The molecule has 0 spiro atoms. The van der Waals surface area contributed by atoms with Crippen molar-refractivity contribution in [1.82, 2.24) is 0 Å². The Labute approximate surface area is 47.0 Å². The lowest BCUT2D eigenvalue weighted by Gasteiger charge is -1.85. The van der Waals surface area contributed by atoms with Gasteiger partial charge in [0.2, 0.25) is 0 Å². The van der Waals surface area contributed by atoms with Gasteiger partial charge < -0.3 is 0 Å². The molecule has 2 bridgehead atoms. The standard InChI is InChI=1S/C7H5F/c8-7-4-5-1-2-6(7)3-5/h1-2,4H,3H2. The number of fused-ring (bicyclic) bond motifs is 2. The zero-order valence-electron chi connectivity index (χ0n) is 4.32. The van der Waals surface area contributed by atoms with Gasteiger partial charge in [0.15, 0.2) is 0 Å². The molecule has 0 aromatic rings. The highest BCUT2D eigenvalue weighted by Crippen LogP contribution is 2.33. The van der Waals surface area contributed by atoms with E-state index in [1.54, 1.807) is 6.08 Å². The fraction of sp³-hybridized carbons (Fsp3) is 0.143. The van der Waals surface area contributed by atoms with E-state index in [1.807, 2.05) is 12.2 Å². The van der Waals surface area contributed by atoms with Gasteiger partial charge in [0.25, 0.3) is 0 Å². The minimum atomic E-state index is -0.0394. The summed E-state index contributed by atoms with van der Waals surface area (Å²) < 4.78 is 12.4. The molecule has 0 aliphatic heterocycles. The smallest absolute Gasteiger partial charge is 0.127 e. The molecular formula is C7H5F. The van der Waals surface area contributed by atoms with Gasteiger partial charge in [-0.15, -0.1) is 0 Å². The average Bonchev–Trinajstić information content (AvgIpc) is 2.23. The Morgan fingerprint density at radius 2 is 2.25 bits per heavy atom. The first-order valence-corrected chi connectivity index (χ1v) is 2.63. The van der Waals surface area contributed by atoms with Crippen LogP contribution in [-0.4, -0.2) is 0 Å². The molecule has 0 nitrogen and oxygen atoms in total. The van der Waals surface area contributed by atoms with Crippen LogP contribution >= 0.6 is 0 Å². The van der Waals surface area contributed by atoms with E-state index >= 15 is 0 Å². The van der Waals surface area contributed by atoms with Crippen LogP contribution in [0.5, 0.6) is 0 Å². The zero-order chi connectivity index (χ0) is 5.56. The molecule has 0 amide bonds. The van der Waals surface area contributed by atoms with Crippen LogP contribution < -0.4 is 0 Å². The summed E-state index contributed by atoms with van der Waals surface area (Å²) in [6.45, 7) is 0. The van der Waals surface area contributed by atoms with Crippen molar-refractivity contribution >= 4 is 0 Å². The molecule has 2 rings (SSSR count). The molecule has 40 valence electrons. The van der Waals surface area contributed by atoms with Crippen molar-refractivity contribution in [1.29, 1.82) is 0 Å². The van der Waals surface area contributed by atoms with Gasteiger partial charge in [-0.3, -0.25) is 0 Å². The quantitative estimate of drug-likeness (QED) is 0.445. The maximum absolute atomic E-state index is 12.4. The molecule has 0 heterocycles. The van der Waals surface area contributed by atoms with Gasteiger partial charge in [0.05, 0.1) is 0 Å². The Kier molecular flexibility index (Phi) is 0.562. The van der Waals surface area contributed by atoms with E-state index in [9.17, 15) is 4.39 Å². The summed E-state index contributed by atoms with van der Waals surface area (Å²) in [5, 5.41) is 0. The molecule has 0 radical (unpaired) electrons. The summed E-state index contributed by atoms with van der Waals surface area (Å²) in [6, 6.07) is 0. The first kappa shape index (κ1) is 4.07. The van der Waals surface area contributed by atoms with Crippen LogP contribution in [0.4, 0.5) is 4.39 Å². The van der Waals surface area contributed by atoms with E-state index < -0.39 is 0 Å². The van der Waals surface area contributed by atoms with E-state index in [0.717, 1.165) is 17.6 Å². The third-order valence-electron chi connectivity index (χ3n) is 1.51. The van der Waals surface area contributed by atoms with Gasteiger partial charge in [0.1, 0.15) is 5.83 Å². The van der Waals surface area contributed by atoms with Gasteiger partial charge in [0, 0.05) is 6.42 Å². The van der Waals surface area contributed by atoms with E-state index in [4.69, 9.17) is 0 Å². The molecule has 0 atom stereocenters. The number of hydrogen-bond acceptors (Lipinski definition) is 0. The molecule has 8 heavy (non-hydrogen) atoms. The van der Waals surface area contributed by atoms with Crippen molar-refractivity contribution in [2.24, 2.45) is 0 Å². The van der Waals surface area contributed by atoms with Gasteiger partial charge in [-0.2, -0.15) is 0 Å². The molecular weight excluding hydrogens is 103 g/mol. The lowest BCUT2D eigenvalue weighted by atomic mass is 10.3. The fourth-order valence-corrected chi connectivity index (χ4v) is 1.06. The molecule has 0 unspecified atom stereocenters. The molecule has 0 aromatic carbocycles. The highest BCUT2D eigenvalue weighted by molar-refractivity contribution is 5.52. The summed E-state index contributed by atoms with van der Waals surface area (Å²) in [7, 11) is 0. The Morgan fingerprint density at radius 1 is 1.38 bits per heavy atom. The van der Waals surface area contributed by atoms with Crippen molar-refractivity contribution in [3.8, 4) is 0 Å². The maximum atomic E-state index is 12.4. The van der Waals surface area contributed by atoms with E-state index in [2.05, 4.69) is 0 Å². The number of allylic oxidation sites excluding steroid dienone is 6. The lowest BCUT2D eigenvalue weighted by Crippen LogP contribution is -1.67. The minimum absolute atomic E-state index is 0.0394. The van der Waals surface area contributed by atoms with Crippen molar-refractivity contribution in [2.75, 3.05) is 0 Å². The largest absolute Gasteiger partial charge is 0.207 e. The summed E-state index contributed by atoms with van der Waals surface area (Å²) in [6.07, 6.45) is 6.21. The second-order valence-corrected chi connectivity index (χ2v) is 2.10. The van der Waals surface area contributed by atoms with Crippen LogP contribution in [0.3, 0.4) is 0 Å². The Hall–Kier alpha value is -0.850. The highest BCUT2D eigenvalue weighted by Gasteiger charge is 2.16. The number of hydrogen-bond donors (Lipinski definition) is 0. The van der Waals surface area contributed by atoms with Crippen molar-refractivity contribution < 1.29 is 4.39 Å². The third-order valence-corrected chi connectivity index (χ3v) is 1.51. The Morgan fingerprint density at radius 3 is 2.50 bits per heavy atom. The monoisotopic (exact) mass is 108 g/mol. The molecule has 2 aliphatic carbocycles. The number of halogens is 1. The van der Waals surface area contributed by atoms with Gasteiger partial charge in [-0.25, -0.2) is 4.39 Å². The SMILES string of the molecule is FC1=C2C=CC(=C1)C2. The van der Waals surface area contributed by atoms with Crippen molar-refractivity contribution in [3.05, 3.63) is 35.2 Å². The fourth-order valence-electron chi connectivity index (χ4n) is 1.06. The van der Waals surface area contributed by atoms with Crippen molar-refractivity contribution in [3.63, 3.8) is 0 Å². The molecule has 0 saturated carbocycles. The van der Waals surface area contributed by atoms with Crippen LogP contribution in [-0.2, 0) is 0 Å². The number of rotatable bonds is 0. The van der Waals surface area contributed by atoms with Crippen LogP contribution in [0.25, 0.3) is 0 Å². The molecule has 0 saturated heterocycles. The average molecular weight is 108 g/mol. The van der Waals surface area contributed by atoms with Crippen molar-refractivity contribution in [2.45, 2.75) is 6.42 Å². The summed E-state index contributed by atoms with van der Waals surface area (Å²) in [4.78, 5) is 0.